The molecule has 3 nitrogen and oxygen atoms in total. The summed E-state index contributed by atoms with van der Waals surface area (Å²) in [5, 5.41) is 9.00. The maximum atomic E-state index is 8.00. The summed E-state index contributed by atoms with van der Waals surface area (Å²) in [5.74, 6) is 0. The van der Waals surface area contributed by atoms with Crippen molar-refractivity contribution in [1.29, 1.82) is 0 Å². The molecular weight excluding hydrogens is 105 g/mol. The topological polar surface area (TPSA) is 52.5 Å². The average Bonchev–Trinajstić information content (AvgIpc) is 0.918. The fourth-order valence-electron chi connectivity index (χ4n) is 0. The van der Waals surface area contributed by atoms with Crippen LogP contribution in [0.3, 0.4) is 0 Å². The van der Waals surface area contributed by atoms with Gasteiger partial charge < -0.3 is 10.1 Å². The van der Waals surface area contributed by atoms with Gasteiger partial charge in [-0.2, -0.15) is 0 Å². The molecule has 0 fully saturated rings. The minimum atomic E-state index is 0. The summed E-state index contributed by atoms with van der Waals surface area (Å²) >= 11 is 0. The Bertz CT molecular complexity index is 13.5. The first kappa shape index (κ1) is 9.08. The third kappa shape index (κ3) is 179. The molecule has 0 heterocycles. The van der Waals surface area contributed by atoms with Gasteiger partial charge in [-0.25, -0.2) is 0 Å². The van der Waals surface area contributed by atoms with Gasteiger partial charge in [-0.3, -0.25) is 0 Å². The SMILES string of the molecule is O=N[O-].[Co+2]. The normalized spacial score (nSPS) is 3.00. The second kappa shape index (κ2) is 12.9. The van der Waals surface area contributed by atoms with E-state index in [4.69, 9.17) is 10.1 Å². The van der Waals surface area contributed by atoms with Gasteiger partial charge >= 0.3 is 16.8 Å². The van der Waals surface area contributed by atoms with Crippen molar-refractivity contribution in [2.45, 2.75) is 0 Å². The van der Waals surface area contributed by atoms with Gasteiger partial charge in [0.15, 0.2) is 0 Å². The molecule has 0 unspecified atom stereocenters. The van der Waals surface area contributed by atoms with Crippen LogP contribution in [0.4, 0.5) is 0 Å². The molecule has 0 amide bonds. The molecule has 0 aromatic heterocycles. The molecule has 0 N–H and O–H groups in total. The second-order valence-electron chi connectivity index (χ2n) is 0.0745. The van der Waals surface area contributed by atoms with E-state index in [-0.39, 0.29) is 16.8 Å². The maximum Gasteiger partial charge on any atom is 2.00 e. The molecule has 0 rings (SSSR count). The molecule has 1 radical (unpaired) electrons. The molecule has 25 valence electrons. The van der Waals surface area contributed by atoms with E-state index in [1.54, 1.807) is 0 Å². The van der Waals surface area contributed by atoms with Crippen LogP contribution in [-0.4, -0.2) is 0 Å². The molecule has 0 saturated carbocycles. The van der Waals surface area contributed by atoms with E-state index in [0.29, 0.717) is 0 Å². The monoisotopic (exact) mass is 105 g/mol. The Labute approximate surface area is 33.1 Å². The molecule has 0 aliphatic rings. The zero-order valence-corrected chi connectivity index (χ0v) is 2.64. The maximum absolute atomic E-state index is 8.00. The van der Waals surface area contributed by atoms with Gasteiger partial charge in [0.05, 0.1) is 0 Å². The molecule has 0 atom stereocenters. The van der Waals surface area contributed by atoms with Gasteiger partial charge in [-0.1, -0.05) is 0 Å². The number of rotatable bonds is 0. The predicted octanol–water partition coefficient (Wildman–Crippen LogP) is 0.248. The van der Waals surface area contributed by atoms with Crippen LogP contribution in [-0.2, 0) is 16.8 Å². The molecule has 0 aromatic carbocycles. The standard InChI is InChI=1S/Co.HNO2/c;2-1-3/h;(H,2,3)/q+2;/p-1. The van der Waals surface area contributed by atoms with E-state index in [0.717, 1.165) is 5.34 Å². The molecule has 0 bridgehead atoms. The zero-order valence-electron chi connectivity index (χ0n) is 1.60. The van der Waals surface area contributed by atoms with Gasteiger partial charge in [-0.05, 0) is 0 Å². The van der Waals surface area contributed by atoms with E-state index in [1.807, 2.05) is 0 Å². The van der Waals surface area contributed by atoms with Crippen molar-refractivity contribution in [2.24, 2.45) is 5.34 Å². The molecule has 0 aromatic rings. The Kier molecular flexibility index (Phi) is 29.2. The first-order valence-corrected chi connectivity index (χ1v) is 0.365. The van der Waals surface area contributed by atoms with Gasteiger partial charge in [0, 0.05) is 0 Å². The summed E-state index contributed by atoms with van der Waals surface area (Å²) in [6.07, 6.45) is 0. The Morgan fingerprint density at radius 1 is 1.75 bits per heavy atom. The van der Waals surface area contributed by atoms with Crippen LogP contribution in [0.5, 0.6) is 0 Å². The van der Waals surface area contributed by atoms with E-state index in [1.165, 1.54) is 0 Å². The van der Waals surface area contributed by atoms with Crippen LogP contribution in [0.15, 0.2) is 5.34 Å². The van der Waals surface area contributed by atoms with Crippen LogP contribution in [0.25, 0.3) is 0 Å². The summed E-state index contributed by atoms with van der Waals surface area (Å²) in [4.78, 5) is 8.00. The molecule has 0 saturated heterocycles. The van der Waals surface area contributed by atoms with E-state index in [2.05, 4.69) is 0 Å². The molecule has 0 aliphatic carbocycles. The van der Waals surface area contributed by atoms with E-state index >= 15 is 0 Å². The van der Waals surface area contributed by atoms with Crippen molar-refractivity contribution in [3.8, 4) is 0 Å². The Morgan fingerprint density at radius 3 is 1.75 bits per heavy atom. The quantitative estimate of drug-likeness (QED) is 0.327. The van der Waals surface area contributed by atoms with Crippen LogP contribution in [0.2, 0.25) is 0 Å². The third-order valence-corrected chi connectivity index (χ3v) is 0. The summed E-state index contributed by atoms with van der Waals surface area (Å²) < 4.78 is 0. The Hall–Kier alpha value is -0.0935. The first-order chi connectivity index (χ1) is 1.41. The summed E-state index contributed by atoms with van der Waals surface area (Å²) in [6.45, 7) is 0. The second-order valence-corrected chi connectivity index (χ2v) is 0.0745. The minimum absolute atomic E-state index is 0. The molecule has 0 spiro atoms. The van der Waals surface area contributed by atoms with Crippen molar-refractivity contribution < 1.29 is 16.8 Å². The van der Waals surface area contributed by atoms with E-state index < -0.39 is 0 Å². The molecular formula is CoNO2+. The smallest absolute Gasteiger partial charge is 0.444 e. The van der Waals surface area contributed by atoms with Crippen LogP contribution < -0.4 is 0 Å². The third-order valence-electron chi connectivity index (χ3n) is 0. The largest absolute Gasteiger partial charge is 2.00 e. The minimum Gasteiger partial charge on any atom is -0.444 e. The van der Waals surface area contributed by atoms with Gasteiger partial charge in [-0.15, -0.1) is 5.34 Å². The zero-order chi connectivity index (χ0) is 2.71. The predicted molar refractivity (Wildman–Crippen MR) is 9.16 cm³/mol. The fourth-order valence-corrected chi connectivity index (χ4v) is 0. The Balaban J connectivity index is 0. The van der Waals surface area contributed by atoms with Gasteiger partial charge in [0.2, 0.25) is 0 Å². The summed E-state index contributed by atoms with van der Waals surface area (Å²) in [7, 11) is 0. The van der Waals surface area contributed by atoms with Crippen molar-refractivity contribution in [2.75, 3.05) is 0 Å². The van der Waals surface area contributed by atoms with Gasteiger partial charge in [0.1, 0.15) is 0 Å². The van der Waals surface area contributed by atoms with Crippen molar-refractivity contribution in [1.82, 2.24) is 0 Å². The fraction of sp³-hybridized carbons (Fsp3) is 0. The summed E-state index contributed by atoms with van der Waals surface area (Å²) in [5.41, 5.74) is 0. The first-order valence-electron chi connectivity index (χ1n) is 0.365. The van der Waals surface area contributed by atoms with E-state index in [9.17, 15) is 0 Å². The van der Waals surface area contributed by atoms with Crippen molar-refractivity contribution >= 4 is 0 Å². The number of nitrogens with zero attached hydrogens (tertiary/aromatic N) is 1. The molecule has 4 heavy (non-hydrogen) atoms. The number of hydrogen-bond donors (Lipinski definition) is 0. The van der Waals surface area contributed by atoms with Gasteiger partial charge in [0.25, 0.3) is 0 Å². The Morgan fingerprint density at radius 2 is 1.75 bits per heavy atom. The van der Waals surface area contributed by atoms with Crippen LogP contribution in [0, 0.1) is 10.1 Å². The number of hydrogen-bond acceptors (Lipinski definition) is 3. The average molecular weight is 105 g/mol. The molecule has 0 aliphatic heterocycles. The van der Waals surface area contributed by atoms with Crippen molar-refractivity contribution in [3.05, 3.63) is 10.1 Å². The van der Waals surface area contributed by atoms with Crippen LogP contribution in [0.1, 0.15) is 0 Å². The molecule has 4 heteroatoms. The van der Waals surface area contributed by atoms with Crippen molar-refractivity contribution in [3.63, 3.8) is 0 Å². The van der Waals surface area contributed by atoms with Crippen LogP contribution >= 0.6 is 0 Å². The summed E-state index contributed by atoms with van der Waals surface area (Å²) in [6, 6.07) is 0.